The summed E-state index contributed by atoms with van der Waals surface area (Å²) in [5.74, 6) is -0.323. The molecule has 1 atom stereocenters. The van der Waals surface area contributed by atoms with E-state index in [9.17, 15) is 14.7 Å². The van der Waals surface area contributed by atoms with Crippen molar-refractivity contribution in [1.82, 2.24) is 5.32 Å². The molecule has 2 rings (SSSR count). The van der Waals surface area contributed by atoms with Crippen molar-refractivity contribution in [3.63, 3.8) is 0 Å². The van der Waals surface area contributed by atoms with Gasteiger partial charge in [0, 0.05) is 12.4 Å². The number of hydrogen-bond acceptors (Lipinski definition) is 7. The Kier molecular flexibility index (Phi) is 4.23. The lowest BCUT2D eigenvalue weighted by Crippen LogP contribution is -2.31. The summed E-state index contributed by atoms with van der Waals surface area (Å²) in [4.78, 5) is 21.9. The number of thioether (sulfide) groups is 1. The van der Waals surface area contributed by atoms with Crippen LogP contribution in [0.4, 0.5) is 0 Å². The van der Waals surface area contributed by atoms with Crippen LogP contribution < -0.4 is 10.4 Å². The highest BCUT2D eigenvalue weighted by molar-refractivity contribution is 8.15. The molecule has 0 radical (unpaired) electrons. The number of nitrogens with zero attached hydrogens (tertiary/aromatic N) is 2. The van der Waals surface area contributed by atoms with Crippen molar-refractivity contribution < 1.29 is 19.1 Å². The average molecular weight is 294 g/mol. The third kappa shape index (κ3) is 3.47. The summed E-state index contributed by atoms with van der Waals surface area (Å²) in [5.41, 5.74) is 0.559. The molecule has 2 heterocycles. The number of hydrogen-bond donors (Lipinski definition) is 1. The summed E-state index contributed by atoms with van der Waals surface area (Å²) in [6.45, 7) is 3.54. The van der Waals surface area contributed by atoms with E-state index in [0.29, 0.717) is 11.5 Å². The van der Waals surface area contributed by atoms with Gasteiger partial charge in [0.15, 0.2) is 5.17 Å². The first kappa shape index (κ1) is 14.3. The van der Waals surface area contributed by atoms with Gasteiger partial charge in [0.05, 0.1) is 5.25 Å². The van der Waals surface area contributed by atoms with Crippen molar-refractivity contribution in [2.75, 3.05) is 0 Å². The molecule has 0 aliphatic carbocycles. The van der Waals surface area contributed by atoms with Crippen LogP contribution in [-0.4, -0.2) is 28.0 Å². The Bertz CT molecular complexity index is 606. The number of rotatable bonds is 4. The highest BCUT2D eigenvalue weighted by Crippen LogP contribution is 2.22. The minimum Gasteiger partial charge on any atom is -0.550 e. The van der Waals surface area contributed by atoms with Crippen LogP contribution in [-0.2, 0) is 9.59 Å². The predicted octanol–water partition coefficient (Wildman–Crippen LogP) is 0.0396. The van der Waals surface area contributed by atoms with Gasteiger partial charge in [-0.2, -0.15) is 0 Å². The van der Waals surface area contributed by atoms with E-state index < -0.39 is 17.1 Å². The summed E-state index contributed by atoms with van der Waals surface area (Å²) in [6, 6.07) is 3.58. The summed E-state index contributed by atoms with van der Waals surface area (Å²) < 4.78 is 5.38. The van der Waals surface area contributed by atoms with Crippen molar-refractivity contribution >= 4 is 34.5 Å². The third-order valence-electron chi connectivity index (χ3n) is 2.52. The van der Waals surface area contributed by atoms with Gasteiger partial charge in [-0.25, -0.2) is 0 Å². The minimum absolute atomic E-state index is 0.267. The molecule has 20 heavy (non-hydrogen) atoms. The lowest BCUT2D eigenvalue weighted by molar-refractivity contribution is -0.305. The normalized spacial score (nSPS) is 21.3. The molecular weight excluding hydrogens is 282 g/mol. The second-order valence-corrected chi connectivity index (χ2v) is 5.36. The molecule has 1 aromatic heterocycles. The van der Waals surface area contributed by atoms with E-state index in [1.165, 1.54) is 0 Å². The maximum Gasteiger partial charge on any atom is 0.239 e. The second-order valence-electron chi connectivity index (χ2n) is 4.17. The fourth-order valence-electron chi connectivity index (χ4n) is 1.54. The van der Waals surface area contributed by atoms with Gasteiger partial charge in [-0.15, -0.1) is 10.2 Å². The largest absolute Gasteiger partial charge is 0.550 e. The van der Waals surface area contributed by atoms with Gasteiger partial charge < -0.3 is 19.6 Å². The van der Waals surface area contributed by atoms with E-state index in [2.05, 4.69) is 15.5 Å². The first-order valence-electron chi connectivity index (χ1n) is 5.82. The summed E-state index contributed by atoms with van der Waals surface area (Å²) in [5, 5.41) is 20.3. The number of amidine groups is 1. The van der Waals surface area contributed by atoms with E-state index in [4.69, 9.17) is 4.42 Å². The molecule has 1 fully saturated rings. The van der Waals surface area contributed by atoms with Gasteiger partial charge in [0.2, 0.25) is 5.91 Å². The Hall–Kier alpha value is -2.09. The lowest BCUT2D eigenvalue weighted by atomic mass is 10.3. The number of carbonyl (C=O) groups is 2. The molecule has 0 bridgehead atoms. The molecule has 0 saturated carbocycles. The molecule has 1 aliphatic rings. The van der Waals surface area contributed by atoms with Gasteiger partial charge in [0.25, 0.3) is 0 Å². The predicted molar refractivity (Wildman–Crippen MR) is 72.2 cm³/mol. The van der Waals surface area contributed by atoms with Gasteiger partial charge >= 0.3 is 0 Å². The van der Waals surface area contributed by atoms with Crippen LogP contribution in [0.25, 0.3) is 0 Å². The molecule has 8 heteroatoms. The summed E-state index contributed by atoms with van der Waals surface area (Å²) in [6.07, 6.45) is -0.352. The number of carbonyl (C=O) groups excluding carboxylic acids is 2. The number of aryl methyl sites for hydroxylation is 1. The number of aliphatic carboxylic acids is 1. The highest BCUT2D eigenvalue weighted by atomic mass is 32.2. The topological polar surface area (TPSA) is 107 Å². The van der Waals surface area contributed by atoms with Crippen LogP contribution >= 0.6 is 11.8 Å². The van der Waals surface area contributed by atoms with E-state index in [-0.39, 0.29) is 11.6 Å². The number of nitrogens with one attached hydrogen (secondary N) is 1. The highest BCUT2D eigenvalue weighted by Gasteiger charge is 2.30. The van der Waals surface area contributed by atoms with Crippen LogP contribution in [0.2, 0.25) is 0 Å². The molecule has 1 aliphatic heterocycles. The third-order valence-corrected chi connectivity index (χ3v) is 3.59. The van der Waals surface area contributed by atoms with Gasteiger partial charge in [-0.05, 0) is 26.0 Å². The molecular formula is C12H12N3O4S-. The number of carboxylic acids is 1. The quantitative estimate of drug-likeness (QED) is 0.623. The lowest BCUT2D eigenvalue weighted by Gasteiger charge is -2.04. The van der Waals surface area contributed by atoms with E-state index in [0.717, 1.165) is 17.5 Å². The Morgan fingerprint density at radius 2 is 2.30 bits per heavy atom. The first-order chi connectivity index (χ1) is 9.45. The molecule has 0 unspecified atom stereocenters. The maximum atomic E-state index is 11.5. The van der Waals surface area contributed by atoms with Crippen molar-refractivity contribution in [2.45, 2.75) is 25.5 Å². The number of carboxylic acid groups (broad SMARTS) is 1. The Morgan fingerprint density at radius 3 is 2.90 bits per heavy atom. The maximum absolute atomic E-state index is 11.5. The first-order valence-corrected chi connectivity index (χ1v) is 6.70. The van der Waals surface area contributed by atoms with Crippen molar-refractivity contribution in [2.24, 2.45) is 10.2 Å². The SMILES string of the molecule is C/C(=N/N=C1/NC(=O)[C@@H](CC(=O)[O-])S1)c1ccc(C)o1. The standard InChI is InChI=1S/C12H13N3O4S/c1-6-3-4-8(19-6)7(2)14-15-12-13-11(18)9(20-12)5-10(16)17/h3-4,9H,5H2,1-2H3,(H,16,17)(H,13,15,18)/p-1/b14-7-/t9-/m1/s1. The Balaban J connectivity index is 2.05. The average Bonchev–Trinajstić information content (AvgIpc) is 2.93. The fourth-order valence-corrected chi connectivity index (χ4v) is 2.44. The van der Waals surface area contributed by atoms with Crippen LogP contribution in [0.15, 0.2) is 26.8 Å². The van der Waals surface area contributed by atoms with Gasteiger partial charge in [0.1, 0.15) is 17.2 Å². The molecule has 106 valence electrons. The summed E-state index contributed by atoms with van der Waals surface area (Å²) >= 11 is 1.02. The van der Waals surface area contributed by atoms with Gasteiger partial charge in [-0.3, -0.25) is 4.79 Å². The van der Waals surface area contributed by atoms with Crippen LogP contribution in [0, 0.1) is 6.92 Å². The fraction of sp³-hybridized carbons (Fsp3) is 0.333. The van der Waals surface area contributed by atoms with Crippen LogP contribution in [0.5, 0.6) is 0 Å². The van der Waals surface area contributed by atoms with Crippen molar-refractivity contribution in [1.29, 1.82) is 0 Å². The number of amides is 1. The van der Waals surface area contributed by atoms with Crippen LogP contribution in [0.1, 0.15) is 24.9 Å². The van der Waals surface area contributed by atoms with Crippen LogP contribution in [0.3, 0.4) is 0 Å². The zero-order valence-electron chi connectivity index (χ0n) is 10.9. The minimum atomic E-state index is -1.27. The molecule has 1 amide bonds. The van der Waals surface area contributed by atoms with E-state index in [1.807, 2.05) is 13.0 Å². The smallest absolute Gasteiger partial charge is 0.239 e. The van der Waals surface area contributed by atoms with Crippen molar-refractivity contribution in [3.8, 4) is 0 Å². The molecule has 0 aromatic carbocycles. The monoisotopic (exact) mass is 294 g/mol. The summed E-state index contributed by atoms with van der Waals surface area (Å²) in [7, 11) is 0. The molecule has 0 spiro atoms. The zero-order chi connectivity index (χ0) is 14.7. The Labute approximate surface area is 119 Å². The van der Waals surface area contributed by atoms with E-state index in [1.54, 1.807) is 13.0 Å². The molecule has 7 nitrogen and oxygen atoms in total. The second kappa shape index (κ2) is 5.91. The zero-order valence-corrected chi connectivity index (χ0v) is 11.7. The molecule has 1 N–H and O–H groups in total. The molecule has 1 aromatic rings. The Morgan fingerprint density at radius 1 is 1.55 bits per heavy atom. The molecule has 1 saturated heterocycles. The van der Waals surface area contributed by atoms with Gasteiger partial charge in [-0.1, -0.05) is 11.8 Å². The van der Waals surface area contributed by atoms with E-state index >= 15 is 0 Å². The van der Waals surface area contributed by atoms with Crippen molar-refractivity contribution in [3.05, 3.63) is 23.7 Å². The number of furan rings is 1.